The molecule has 2 N–H and O–H groups in total. The number of rotatable bonds is 8. The smallest absolute Gasteiger partial charge is 0.269 e. The van der Waals surface area contributed by atoms with E-state index in [4.69, 9.17) is 4.74 Å². The second-order valence-electron chi connectivity index (χ2n) is 6.03. The highest BCUT2D eigenvalue weighted by molar-refractivity contribution is 7.91. The zero-order chi connectivity index (χ0) is 19.3. The van der Waals surface area contributed by atoms with Crippen LogP contribution in [-0.2, 0) is 14.8 Å². The zero-order valence-corrected chi connectivity index (χ0v) is 16.7. The lowest BCUT2D eigenvalue weighted by molar-refractivity contribution is -0.118. The molecule has 0 aliphatic rings. The molecule has 0 spiro atoms. The van der Waals surface area contributed by atoms with E-state index in [-0.39, 0.29) is 34.4 Å². The molecule has 1 amide bonds. The Morgan fingerprint density at radius 1 is 1.27 bits per heavy atom. The summed E-state index contributed by atoms with van der Waals surface area (Å²) in [5.74, 6) is 0.226. The predicted octanol–water partition coefficient (Wildman–Crippen LogP) is 2.11. The lowest BCUT2D eigenvalue weighted by Gasteiger charge is -2.10. The number of hydrogen-bond acceptors (Lipinski definition) is 7. The van der Waals surface area contributed by atoms with Crippen LogP contribution in [0.15, 0.2) is 22.5 Å². The van der Waals surface area contributed by atoms with Crippen molar-refractivity contribution < 1.29 is 17.9 Å². The number of nitrogens with zero attached hydrogens (tertiary/aromatic N) is 2. The fourth-order valence-electron chi connectivity index (χ4n) is 1.98. The summed E-state index contributed by atoms with van der Waals surface area (Å²) >= 11 is 0.799. The van der Waals surface area contributed by atoms with E-state index in [0.29, 0.717) is 5.75 Å². The Balaban J connectivity index is 1.88. The molecule has 0 fully saturated rings. The van der Waals surface area contributed by atoms with E-state index < -0.39 is 10.0 Å². The molecule has 26 heavy (non-hydrogen) atoms. The fourth-order valence-corrected chi connectivity index (χ4v) is 3.94. The summed E-state index contributed by atoms with van der Waals surface area (Å²) in [6.45, 7) is 7.64. The van der Waals surface area contributed by atoms with Crippen molar-refractivity contribution in [3.63, 3.8) is 0 Å². The van der Waals surface area contributed by atoms with E-state index in [1.54, 1.807) is 13.8 Å². The van der Waals surface area contributed by atoms with Crippen molar-refractivity contribution in [3.05, 3.63) is 29.3 Å². The molecule has 8 nitrogen and oxygen atoms in total. The number of carbonyl (C=O) groups is 1. The minimum atomic E-state index is -3.80. The summed E-state index contributed by atoms with van der Waals surface area (Å²) in [6, 6.07) is 5.78. The van der Waals surface area contributed by atoms with Gasteiger partial charge in [-0.15, -0.1) is 10.2 Å². The average molecular weight is 399 g/mol. The largest absolute Gasteiger partial charge is 0.492 e. The number of benzene rings is 1. The molecular formula is C16H22N4O4S2. The Labute approximate surface area is 157 Å². The summed E-state index contributed by atoms with van der Waals surface area (Å²) in [4.78, 5) is 11.6. The third kappa shape index (κ3) is 5.48. The van der Waals surface area contributed by atoms with Gasteiger partial charge in [-0.2, -0.15) is 0 Å². The van der Waals surface area contributed by atoms with E-state index in [1.165, 1.54) is 0 Å². The number of nitrogens with one attached hydrogen (secondary N) is 2. The first-order valence-electron chi connectivity index (χ1n) is 8.03. The van der Waals surface area contributed by atoms with Crippen molar-refractivity contribution in [3.8, 4) is 5.75 Å². The number of ether oxygens (including phenoxy) is 1. The highest BCUT2D eigenvalue weighted by Crippen LogP contribution is 2.21. The predicted molar refractivity (Wildman–Crippen MR) is 100.0 cm³/mol. The van der Waals surface area contributed by atoms with Crippen molar-refractivity contribution in [2.45, 2.75) is 32.0 Å². The molecule has 2 aromatic rings. The standard InChI is InChI=1S/C16H22N4O4S2/c1-10(2)14(21)18-15-19-20-16(25-15)26(22,23)17-7-8-24-13-6-5-11(3)9-12(13)4/h5-6,9-10,17H,7-8H2,1-4H3,(H,18,19,21). The Morgan fingerprint density at radius 2 is 2.00 bits per heavy atom. The van der Waals surface area contributed by atoms with Crippen LogP contribution in [0.1, 0.15) is 25.0 Å². The second-order valence-corrected chi connectivity index (χ2v) is 8.95. The maximum Gasteiger partial charge on any atom is 0.269 e. The van der Waals surface area contributed by atoms with E-state index in [1.807, 2.05) is 32.0 Å². The highest BCUT2D eigenvalue weighted by Gasteiger charge is 2.21. The van der Waals surface area contributed by atoms with Crippen LogP contribution in [0.4, 0.5) is 5.13 Å². The van der Waals surface area contributed by atoms with Gasteiger partial charge in [-0.25, -0.2) is 13.1 Å². The minimum absolute atomic E-state index is 0.0862. The third-order valence-corrected chi connectivity index (χ3v) is 6.04. The van der Waals surface area contributed by atoms with Gasteiger partial charge in [0.15, 0.2) is 0 Å². The quantitative estimate of drug-likeness (QED) is 0.520. The van der Waals surface area contributed by atoms with Gasteiger partial charge in [0, 0.05) is 12.5 Å². The fraction of sp³-hybridized carbons (Fsp3) is 0.438. The van der Waals surface area contributed by atoms with Crippen LogP contribution in [0.25, 0.3) is 0 Å². The van der Waals surface area contributed by atoms with Crippen molar-refractivity contribution >= 4 is 32.4 Å². The summed E-state index contributed by atoms with van der Waals surface area (Å²) in [6.07, 6.45) is 0. The number of aryl methyl sites for hydroxylation is 2. The summed E-state index contributed by atoms with van der Waals surface area (Å²) < 4.78 is 32.2. The van der Waals surface area contributed by atoms with Crippen molar-refractivity contribution in [1.29, 1.82) is 0 Å². The van der Waals surface area contributed by atoms with Gasteiger partial charge < -0.3 is 10.1 Å². The van der Waals surface area contributed by atoms with Gasteiger partial charge in [-0.05, 0) is 25.5 Å². The molecule has 0 saturated heterocycles. The van der Waals surface area contributed by atoms with E-state index in [2.05, 4.69) is 20.2 Å². The number of anilines is 1. The van der Waals surface area contributed by atoms with Crippen molar-refractivity contribution in [1.82, 2.24) is 14.9 Å². The molecule has 1 aromatic heterocycles. The molecule has 142 valence electrons. The molecule has 1 heterocycles. The maximum absolute atomic E-state index is 12.2. The minimum Gasteiger partial charge on any atom is -0.492 e. The molecule has 0 bridgehead atoms. The molecule has 0 saturated carbocycles. The SMILES string of the molecule is Cc1ccc(OCCNS(=O)(=O)c2nnc(NC(=O)C(C)C)s2)c(C)c1. The molecule has 1 aromatic carbocycles. The average Bonchev–Trinajstić information content (AvgIpc) is 3.02. The van der Waals surface area contributed by atoms with Crippen LogP contribution >= 0.6 is 11.3 Å². The molecule has 2 rings (SSSR count). The number of aromatic nitrogens is 2. The highest BCUT2D eigenvalue weighted by atomic mass is 32.2. The first-order chi connectivity index (χ1) is 12.2. The molecule has 0 unspecified atom stereocenters. The molecule has 0 aliphatic carbocycles. The molecular weight excluding hydrogens is 376 g/mol. The monoisotopic (exact) mass is 398 g/mol. The van der Waals surface area contributed by atoms with Gasteiger partial charge in [0.2, 0.25) is 15.4 Å². The van der Waals surface area contributed by atoms with Crippen molar-refractivity contribution in [2.24, 2.45) is 5.92 Å². The summed E-state index contributed by atoms with van der Waals surface area (Å²) in [7, 11) is -3.80. The first kappa shape index (κ1) is 20.3. The summed E-state index contributed by atoms with van der Waals surface area (Å²) in [5, 5.41) is 9.98. The van der Waals surface area contributed by atoms with E-state index in [0.717, 1.165) is 22.5 Å². The van der Waals surface area contributed by atoms with Gasteiger partial charge in [0.1, 0.15) is 12.4 Å². The number of hydrogen-bond donors (Lipinski definition) is 2. The van der Waals surface area contributed by atoms with Crippen LogP contribution in [0.5, 0.6) is 5.75 Å². The van der Waals surface area contributed by atoms with Gasteiger partial charge in [0.25, 0.3) is 10.0 Å². The van der Waals surface area contributed by atoms with Gasteiger partial charge >= 0.3 is 0 Å². The first-order valence-corrected chi connectivity index (χ1v) is 10.3. The molecule has 10 heteroatoms. The van der Waals surface area contributed by atoms with E-state index >= 15 is 0 Å². The van der Waals surface area contributed by atoms with Crippen LogP contribution in [0.3, 0.4) is 0 Å². The van der Waals surface area contributed by atoms with Crippen LogP contribution in [-0.4, -0.2) is 37.7 Å². The zero-order valence-electron chi connectivity index (χ0n) is 15.1. The lowest BCUT2D eigenvalue weighted by atomic mass is 10.1. The van der Waals surface area contributed by atoms with E-state index in [9.17, 15) is 13.2 Å². The third-order valence-electron chi connectivity index (χ3n) is 3.37. The van der Waals surface area contributed by atoms with Gasteiger partial charge in [-0.1, -0.05) is 42.9 Å². The maximum atomic E-state index is 12.2. The Bertz CT molecular complexity index is 878. The summed E-state index contributed by atoms with van der Waals surface area (Å²) in [5.41, 5.74) is 2.12. The van der Waals surface area contributed by atoms with Gasteiger partial charge in [0.05, 0.1) is 0 Å². The Hall–Kier alpha value is -2.04. The van der Waals surface area contributed by atoms with Crippen molar-refractivity contribution in [2.75, 3.05) is 18.5 Å². The van der Waals surface area contributed by atoms with Gasteiger partial charge in [-0.3, -0.25) is 4.79 Å². The topological polar surface area (TPSA) is 110 Å². The number of carbonyl (C=O) groups excluding carboxylic acids is 1. The Morgan fingerprint density at radius 3 is 2.65 bits per heavy atom. The second kappa shape index (κ2) is 8.56. The Kier molecular flexibility index (Phi) is 6.68. The molecule has 0 atom stereocenters. The van der Waals surface area contributed by atoms with Crippen LogP contribution in [0, 0.1) is 19.8 Å². The molecule has 0 radical (unpaired) electrons. The molecule has 0 aliphatic heterocycles. The van der Waals surface area contributed by atoms with Crippen LogP contribution in [0.2, 0.25) is 0 Å². The normalized spacial score (nSPS) is 11.6. The number of amides is 1. The number of sulfonamides is 1. The van der Waals surface area contributed by atoms with Crippen LogP contribution < -0.4 is 14.8 Å². The lowest BCUT2D eigenvalue weighted by Crippen LogP contribution is -2.28.